The number of halogens is 1. The van der Waals surface area contributed by atoms with E-state index in [-0.39, 0.29) is 13.2 Å². The summed E-state index contributed by atoms with van der Waals surface area (Å²) in [7, 11) is 0. The zero-order valence-corrected chi connectivity index (χ0v) is 11.6. The largest absolute Gasteiger partial charge is 0.445 e. The Bertz CT molecular complexity index is 357. The second-order valence-corrected chi connectivity index (χ2v) is 4.81. The highest BCUT2D eigenvalue weighted by molar-refractivity contribution is 14.1. The van der Waals surface area contributed by atoms with Gasteiger partial charge in [-0.15, -0.1) is 0 Å². The maximum absolute atomic E-state index is 11.3. The summed E-state index contributed by atoms with van der Waals surface area (Å²) in [5, 5.41) is 11.2. The van der Waals surface area contributed by atoms with E-state index in [1.54, 1.807) is 0 Å². The molecule has 1 amide bonds. The lowest BCUT2D eigenvalue weighted by Gasteiger charge is -2.06. The number of hydrogen-bond acceptors (Lipinski definition) is 3. The lowest BCUT2D eigenvalue weighted by atomic mass is 10.2. The van der Waals surface area contributed by atoms with E-state index in [9.17, 15) is 4.79 Å². The predicted molar refractivity (Wildman–Crippen MR) is 73.7 cm³/mol. The molecule has 1 rings (SSSR count). The molecule has 0 atom stereocenters. The van der Waals surface area contributed by atoms with Gasteiger partial charge in [0.15, 0.2) is 0 Å². The van der Waals surface area contributed by atoms with Gasteiger partial charge in [0.1, 0.15) is 6.61 Å². The van der Waals surface area contributed by atoms with Crippen LogP contribution in [0.1, 0.15) is 18.4 Å². The normalized spacial score (nSPS) is 10.0. The first kappa shape index (κ1) is 14.2. The molecule has 0 saturated heterocycles. The zero-order valence-electron chi connectivity index (χ0n) is 9.49. The smallest absolute Gasteiger partial charge is 0.407 e. The van der Waals surface area contributed by atoms with E-state index in [0.717, 1.165) is 15.6 Å². The van der Waals surface area contributed by atoms with E-state index < -0.39 is 6.09 Å². The Morgan fingerprint density at radius 3 is 2.94 bits per heavy atom. The number of alkyl carbamates (subject to hydrolysis) is 1. The van der Waals surface area contributed by atoms with Crippen molar-refractivity contribution in [1.82, 2.24) is 5.32 Å². The molecule has 0 fully saturated rings. The van der Waals surface area contributed by atoms with E-state index in [1.165, 1.54) is 0 Å². The number of hydrogen-bond donors (Lipinski definition) is 2. The molecule has 4 nitrogen and oxygen atoms in total. The number of aliphatic hydroxyl groups is 1. The summed E-state index contributed by atoms with van der Waals surface area (Å²) < 4.78 is 6.17. The molecule has 0 aliphatic carbocycles. The number of ether oxygens (including phenoxy) is 1. The summed E-state index contributed by atoms with van der Waals surface area (Å²) in [5.74, 6) is 0. The number of amides is 1. The fraction of sp³-hybridized carbons (Fsp3) is 0.417. The van der Waals surface area contributed by atoms with Crippen molar-refractivity contribution in [3.8, 4) is 0 Å². The molecule has 0 aromatic heterocycles. The maximum atomic E-state index is 11.3. The third kappa shape index (κ3) is 6.48. The SMILES string of the molecule is O=C(NCCCCO)OCc1cccc(I)c1. The molecule has 0 aliphatic rings. The van der Waals surface area contributed by atoms with Crippen molar-refractivity contribution >= 4 is 28.7 Å². The monoisotopic (exact) mass is 349 g/mol. The van der Waals surface area contributed by atoms with Crippen molar-refractivity contribution in [2.75, 3.05) is 13.2 Å². The summed E-state index contributed by atoms with van der Waals surface area (Å²) >= 11 is 2.21. The minimum absolute atomic E-state index is 0.152. The molecule has 0 aliphatic heterocycles. The summed E-state index contributed by atoms with van der Waals surface area (Å²) in [4.78, 5) is 11.3. The van der Waals surface area contributed by atoms with Gasteiger partial charge >= 0.3 is 6.09 Å². The van der Waals surface area contributed by atoms with Gasteiger partial charge in [-0.3, -0.25) is 0 Å². The Kier molecular flexibility index (Phi) is 6.95. The Morgan fingerprint density at radius 1 is 1.41 bits per heavy atom. The number of rotatable bonds is 6. The Balaban J connectivity index is 2.19. The molecule has 0 radical (unpaired) electrons. The minimum atomic E-state index is -0.415. The summed E-state index contributed by atoms with van der Waals surface area (Å²) in [6.45, 7) is 0.966. The third-order valence-corrected chi connectivity index (χ3v) is 2.78. The standard InChI is InChI=1S/C12H16INO3/c13-11-5-3-4-10(8-11)9-17-12(16)14-6-1-2-7-15/h3-5,8,15H,1-2,6-7,9H2,(H,14,16). The van der Waals surface area contributed by atoms with Crippen LogP contribution in [0.2, 0.25) is 0 Å². The van der Waals surface area contributed by atoms with Crippen LogP contribution in [0.15, 0.2) is 24.3 Å². The molecule has 1 aromatic rings. The fourth-order valence-corrected chi connectivity index (χ4v) is 1.86. The molecule has 17 heavy (non-hydrogen) atoms. The van der Waals surface area contributed by atoms with Gasteiger partial charge in [-0.25, -0.2) is 4.79 Å². The van der Waals surface area contributed by atoms with Gasteiger partial charge < -0.3 is 15.2 Å². The van der Waals surface area contributed by atoms with E-state index >= 15 is 0 Å². The topological polar surface area (TPSA) is 58.6 Å². The van der Waals surface area contributed by atoms with Gasteiger partial charge in [-0.1, -0.05) is 12.1 Å². The van der Waals surface area contributed by atoms with Gasteiger partial charge in [-0.2, -0.15) is 0 Å². The van der Waals surface area contributed by atoms with Crippen LogP contribution < -0.4 is 5.32 Å². The molecule has 0 heterocycles. The molecular formula is C12H16INO3. The molecule has 94 valence electrons. The lowest BCUT2D eigenvalue weighted by molar-refractivity contribution is 0.139. The Labute approximate surface area is 115 Å². The zero-order chi connectivity index (χ0) is 12.5. The molecule has 1 aromatic carbocycles. The van der Waals surface area contributed by atoms with E-state index in [1.807, 2.05) is 24.3 Å². The van der Waals surface area contributed by atoms with Crippen molar-refractivity contribution in [3.05, 3.63) is 33.4 Å². The number of unbranched alkanes of at least 4 members (excludes halogenated alkanes) is 1. The van der Waals surface area contributed by atoms with Gasteiger partial charge in [0, 0.05) is 16.7 Å². The van der Waals surface area contributed by atoms with Crippen LogP contribution in [-0.4, -0.2) is 24.4 Å². The number of benzene rings is 1. The van der Waals surface area contributed by atoms with Gasteiger partial charge in [0.25, 0.3) is 0 Å². The van der Waals surface area contributed by atoms with Crippen LogP contribution in [0.5, 0.6) is 0 Å². The second-order valence-electron chi connectivity index (χ2n) is 3.56. The molecule has 0 unspecified atom stereocenters. The van der Waals surface area contributed by atoms with Crippen LogP contribution >= 0.6 is 22.6 Å². The summed E-state index contributed by atoms with van der Waals surface area (Å²) in [5.41, 5.74) is 0.974. The van der Waals surface area contributed by atoms with Crippen molar-refractivity contribution < 1.29 is 14.6 Å². The number of aliphatic hydroxyl groups excluding tert-OH is 1. The van der Waals surface area contributed by atoms with Crippen LogP contribution in [0.4, 0.5) is 4.79 Å². The summed E-state index contributed by atoms with van der Waals surface area (Å²) in [6.07, 6.45) is 1.04. The van der Waals surface area contributed by atoms with Crippen LogP contribution in [-0.2, 0) is 11.3 Å². The number of carbonyl (C=O) groups excluding carboxylic acids is 1. The van der Waals surface area contributed by atoms with Gasteiger partial charge in [0.05, 0.1) is 0 Å². The van der Waals surface area contributed by atoms with Crippen LogP contribution in [0, 0.1) is 3.57 Å². The molecule has 0 spiro atoms. The quantitative estimate of drug-likeness (QED) is 0.612. The first-order chi connectivity index (χ1) is 8.22. The van der Waals surface area contributed by atoms with Crippen LogP contribution in [0.3, 0.4) is 0 Å². The highest BCUT2D eigenvalue weighted by atomic mass is 127. The average Bonchev–Trinajstić information content (AvgIpc) is 2.32. The van der Waals surface area contributed by atoms with Crippen molar-refractivity contribution in [1.29, 1.82) is 0 Å². The first-order valence-electron chi connectivity index (χ1n) is 5.48. The van der Waals surface area contributed by atoms with E-state index in [4.69, 9.17) is 9.84 Å². The predicted octanol–water partition coefficient (Wildman–Crippen LogP) is 2.29. The molecular weight excluding hydrogens is 333 g/mol. The summed E-state index contributed by atoms with van der Waals surface area (Å²) in [6, 6.07) is 7.81. The fourth-order valence-electron chi connectivity index (χ4n) is 1.25. The number of nitrogens with one attached hydrogen (secondary N) is 1. The maximum Gasteiger partial charge on any atom is 0.407 e. The highest BCUT2D eigenvalue weighted by Crippen LogP contribution is 2.08. The Morgan fingerprint density at radius 2 is 2.24 bits per heavy atom. The average molecular weight is 349 g/mol. The second kappa shape index (κ2) is 8.30. The highest BCUT2D eigenvalue weighted by Gasteiger charge is 2.01. The van der Waals surface area contributed by atoms with E-state index in [0.29, 0.717) is 13.0 Å². The molecule has 0 saturated carbocycles. The van der Waals surface area contributed by atoms with Gasteiger partial charge in [-0.05, 0) is 53.1 Å². The lowest BCUT2D eigenvalue weighted by Crippen LogP contribution is -2.25. The third-order valence-electron chi connectivity index (χ3n) is 2.11. The van der Waals surface area contributed by atoms with Crippen molar-refractivity contribution in [3.63, 3.8) is 0 Å². The number of carbonyl (C=O) groups is 1. The molecule has 0 bridgehead atoms. The van der Waals surface area contributed by atoms with E-state index in [2.05, 4.69) is 27.9 Å². The molecule has 5 heteroatoms. The van der Waals surface area contributed by atoms with Crippen LogP contribution in [0.25, 0.3) is 0 Å². The van der Waals surface area contributed by atoms with Gasteiger partial charge in [0.2, 0.25) is 0 Å². The Hall–Kier alpha value is -0.820. The van der Waals surface area contributed by atoms with Crippen molar-refractivity contribution in [2.24, 2.45) is 0 Å². The van der Waals surface area contributed by atoms with Crippen molar-refractivity contribution in [2.45, 2.75) is 19.4 Å². The minimum Gasteiger partial charge on any atom is -0.445 e. The molecule has 2 N–H and O–H groups in total. The first-order valence-corrected chi connectivity index (χ1v) is 6.56.